The predicted molar refractivity (Wildman–Crippen MR) is 111 cm³/mol. The molecule has 3 aromatic rings. The minimum Gasteiger partial charge on any atom is -0.495 e. The van der Waals surface area contributed by atoms with Crippen LogP contribution in [-0.2, 0) is 10.0 Å². The van der Waals surface area contributed by atoms with Gasteiger partial charge in [0.1, 0.15) is 11.5 Å². The number of hydrogen-bond donors (Lipinski definition) is 2. The zero-order valence-electron chi connectivity index (χ0n) is 16.5. The van der Waals surface area contributed by atoms with E-state index in [0.717, 1.165) is 24.3 Å². The van der Waals surface area contributed by atoms with Crippen LogP contribution < -0.4 is 19.5 Å². The van der Waals surface area contributed by atoms with Crippen molar-refractivity contribution in [3.63, 3.8) is 0 Å². The Kier molecular flexibility index (Phi) is 6.58. The maximum absolute atomic E-state index is 12.5. The van der Waals surface area contributed by atoms with Gasteiger partial charge >= 0.3 is 6.36 Å². The molecule has 0 aliphatic carbocycles. The number of amides is 1. The Morgan fingerprint density at radius 1 is 0.938 bits per heavy atom. The third-order valence-electron chi connectivity index (χ3n) is 4.10. The summed E-state index contributed by atoms with van der Waals surface area (Å²) in [6.45, 7) is 0. The van der Waals surface area contributed by atoms with Crippen LogP contribution in [-0.4, -0.2) is 27.8 Å². The molecule has 0 fully saturated rings. The molecular weight excluding hydrogens is 449 g/mol. The summed E-state index contributed by atoms with van der Waals surface area (Å²) in [6.07, 6.45) is -4.95. The van der Waals surface area contributed by atoms with Crippen LogP contribution in [0.3, 0.4) is 0 Å². The predicted octanol–water partition coefficient (Wildman–Crippen LogP) is 4.65. The summed E-state index contributed by atoms with van der Waals surface area (Å²) in [6, 6.07) is 16.3. The number of ether oxygens (including phenoxy) is 2. The average molecular weight is 466 g/mol. The van der Waals surface area contributed by atoms with Gasteiger partial charge in [-0.05, 0) is 48.5 Å². The third kappa shape index (κ3) is 5.91. The minimum atomic E-state index is -4.95. The fourth-order valence-electron chi connectivity index (χ4n) is 2.68. The smallest absolute Gasteiger partial charge is 0.495 e. The van der Waals surface area contributed by atoms with Crippen molar-refractivity contribution in [2.24, 2.45) is 0 Å². The van der Waals surface area contributed by atoms with Crippen LogP contribution >= 0.6 is 0 Å². The fraction of sp³-hybridized carbons (Fsp3) is 0.0952. The lowest BCUT2D eigenvalue weighted by Crippen LogP contribution is -2.18. The molecule has 168 valence electrons. The van der Waals surface area contributed by atoms with Gasteiger partial charge in [0.2, 0.25) is 0 Å². The molecule has 0 unspecified atom stereocenters. The first-order valence-corrected chi connectivity index (χ1v) is 10.5. The summed E-state index contributed by atoms with van der Waals surface area (Å²) < 4.78 is 73.3. The quantitative estimate of drug-likeness (QED) is 0.529. The van der Waals surface area contributed by atoms with Crippen molar-refractivity contribution in [1.82, 2.24) is 0 Å². The number of methoxy groups -OCH3 is 1. The van der Waals surface area contributed by atoms with Crippen molar-refractivity contribution in [1.29, 1.82) is 0 Å². The van der Waals surface area contributed by atoms with E-state index in [1.165, 1.54) is 31.4 Å². The average Bonchev–Trinajstić information content (AvgIpc) is 2.73. The summed E-state index contributed by atoms with van der Waals surface area (Å²) in [4.78, 5) is 12.0. The Morgan fingerprint density at radius 3 is 2.28 bits per heavy atom. The normalized spacial score (nSPS) is 11.5. The van der Waals surface area contributed by atoms with Crippen molar-refractivity contribution < 1.29 is 35.9 Å². The van der Waals surface area contributed by atoms with Crippen molar-refractivity contribution in [2.75, 3.05) is 17.1 Å². The zero-order chi connectivity index (χ0) is 23.4. The maximum atomic E-state index is 12.5. The summed E-state index contributed by atoms with van der Waals surface area (Å²) in [5, 5.41) is 2.69. The summed E-state index contributed by atoms with van der Waals surface area (Å²) >= 11 is 0. The van der Waals surface area contributed by atoms with Crippen molar-refractivity contribution in [3.8, 4) is 11.5 Å². The van der Waals surface area contributed by atoms with E-state index < -0.39 is 32.9 Å². The second-order valence-corrected chi connectivity index (χ2v) is 8.04. The van der Waals surface area contributed by atoms with E-state index in [1.807, 2.05) is 0 Å². The molecule has 0 heterocycles. The molecule has 2 N–H and O–H groups in total. The number of nitrogens with one attached hydrogen (secondary N) is 2. The lowest BCUT2D eigenvalue weighted by atomic mass is 10.2. The highest BCUT2D eigenvalue weighted by molar-refractivity contribution is 7.92. The molecule has 0 spiro atoms. The fourth-order valence-corrected chi connectivity index (χ4v) is 3.78. The Balaban J connectivity index is 1.72. The molecule has 0 saturated heterocycles. The molecule has 0 radical (unpaired) electrons. The number of alkyl halides is 3. The number of rotatable bonds is 7. The Bertz CT molecular complexity index is 1210. The number of benzene rings is 3. The highest BCUT2D eigenvalue weighted by atomic mass is 32.2. The molecule has 0 saturated carbocycles. The monoisotopic (exact) mass is 466 g/mol. The molecule has 11 heteroatoms. The Hall–Kier alpha value is -3.73. The van der Waals surface area contributed by atoms with Crippen LogP contribution in [0.2, 0.25) is 0 Å². The third-order valence-corrected chi connectivity index (χ3v) is 5.48. The summed E-state index contributed by atoms with van der Waals surface area (Å²) in [5.74, 6) is -0.633. The standard InChI is InChI=1S/C21H17F3N2O5S/c1-30-19-8-3-2-7-18(19)25-20(27)14-9-11-15(12-10-14)26-32(28,29)17-6-4-5-16(13-17)31-21(22,23)24/h2-13,26H,1H3,(H,25,27). The van der Waals surface area contributed by atoms with Crippen molar-refractivity contribution >= 4 is 27.3 Å². The molecule has 0 aromatic heterocycles. The van der Waals surface area contributed by atoms with Gasteiger partial charge in [-0.1, -0.05) is 18.2 Å². The van der Waals surface area contributed by atoms with Crippen molar-refractivity contribution in [3.05, 3.63) is 78.4 Å². The van der Waals surface area contributed by atoms with Crippen LogP contribution in [0.15, 0.2) is 77.7 Å². The molecule has 7 nitrogen and oxygen atoms in total. The largest absolute Gasteiger partial charge is 0.573 e. The molecular formula is C21H17F3N2O5S. The summed E-state index contributed by atoms with van der Waals surface area (Å²) in [5.41, 5.74) is 0.825. The van der Waals surface area contributed by atoms with E-state index in [1.54, 1.807) is 24.3 Å². The topological polar surface area (TPSA) is 93.7 Å². The lowest BCUT2D eigenvalue weighted by Gasteiger charge is -2.12. The van der Waals surface area contributed by atoms with E-state index >= 15 is 0 Å². The Morgan fingerprint density at radius 2 is 1.62 bits per heavy atom. The van der Waals surface area contributed by atoms with Gasteiger partial charge in [-0.2, -0.15) is 0 Å². The first kappa shape index (κ1) is 22.9. The number of carbonyl (C=O) groups is 1. The van der Waals surface area contributed by atoms with E-state index in [4.69, 9.17) is 4.74 Å². The van der Waals surface area contributed by atoms with Crippen molar-refractivity contribution in [2.45, 2.75) is 11.3 Å². The van der Waals surface area contributed by atoms with Gasteiger partial charge in [-0.25, -0.2) is 8.42 Å². The van der Waals surface area contributed by atoms with Gasteiger partial charge in [0, 0.05) is 17.3 Å². The first-order chi connectivity index (χ1) is 15.1. The van der Waals surface area contributed by atoms with E-state index in [-0.39, 0.29) is 11.3 Å². The van der Waals surface area contributed by atoms with E-state index in [9.17, 15) is 26.4 Å². The van der Waals surface area contributed by atoms with Gasteiger partial charge in [-0.15, -0.1) is 13.2 Å². The van der Waals surface area contributed by atoms with Crippen LogP contribution in [0, 0.1) is 0 Å². The van der Waals surface area contributed by atoms with E-state index in [0.29, 0.717) is 11.4 Å². The minimum absolute atomic E-state index is 0.112. The molecule has 0 atom stereocenters. The number of anilines is 2. The lowest BCUT2D eigenvalue weighted by molar-refractivity contribution is -0.274. The molecule has 3 rings (SSSR count). The highest BCUT2D eigenvalue weighted by Crippen LogP contribution is 2.27. The molecule has 1 amide bonds. The van der Waals surface area contributed by atoms with Crippen LogP contribution in [0.4, 0.5) is 24.5 Å². The Labute approximate surface area is 181 Å². The highest BCUT2D eigenvalue weighted by Gasteiger charge is 2.31. The SMILES string of the molecule is COc1ccccc1NC(=O)c1ccc(NS(=O)(=O)c2cccc(OC(F)(F)F)c2)cc1. The number of carbonyl (C=O) groups excluding carboxylic acids is 1. The molecule has 32 heavy (non-hydrogen) atoms. The maximum Gasteiger partial charge on any atom is 0.573 e. The molecule has 0 aliphatic heterocycles. The van der Waals surface area contributed by atoms with Gasteiger partial charge < -0.3 is 14.8 Å². The molecule has 0 bridgehead atoms. The number of sulfonamides is 1. The van der Waals surface area contributed by atoms with Crippen LogP contribution in [0.5, 0.6) is 11.5 Å². The number of para-hydroxylation sites is 2. The van der Waals surface area contributed by atoms with Crippen LogP contribution in [0.1, 0.15) is 10.4 Å². The second-order valence-electron chi connectivity index (χ2n) is 6.36. The number of hydrogen-bond acceptors (Lipinski definition) is 5. The number of halogens is 3. The van der Waals surface area contributed by atoms with Gasteiger partial charge in [0.25, 0.3) is 15.9 Å². The van der Waals surface area contributed by atoms with Crippen LogP contribution in [0.25, 0.3) is 0 Å². The molecule has 0 aliphatic rings. The van der Waals surface area contributed by atoms with Gasteiger partial charge in [0.15, 0.2) is 0 Å². The first-order valence-electron chi connectivity index (χ1n) is 9.00. The van der Waals surface area contributed by atoms with Gasteiger partial charge in [-0.3, -0.25) is 9.52 Å². The van der Waals surface area contributed by atoms with E-state index in [2.05, 4.69) is 14.8 Å². The zero-order valence-corrected chi connectivity index (χ0v) is 17.3. The van der Waals surface area contributed by atoms with Gasteiger partial charge in [0.05, 0.1) is 17.7 Å². The summed E-state index contributed by atoms with van der Waals surface area (Å²) in [7, 11) is -2.73. The second kappa shape index (κ2) is 9.18. The molecule has 3 aromatic carbocycles.